The van der Waals surface area contributed by atoms with Crippen molar-refractivity contribution in [3.05, 3.63) is 35.4 Å². The van der Waals surface area contributed by atoms with E-state index in [0.717, 1.165) is 13.1 Å². The molecule has 0 radical (unpaired) electrons. The number of benzene rings is 1. The Morgan fingerprint density at radius 3 is 2.60 bits per heavy atom. The molecular formula is C15H25NO3S. The summed E-state index contributed by atoms with van der Waals surface area (Å²) < 4.78 is 27.8. The molecule has 1 rings (SSSR count). The average molecular weight is 299 g/mol. The van der Waals surface area contributed by atoms with Gasteiger partial charge in [-0.05, 0) is 30.4 Å². The Labute approximate surface area is 122 Å². The molecule has 0 amide bonds. The lowest BCUT2D eigenvalue weighted by Crippen LogP contribution is -2.26. The van der Waals surface area contributed by atoms with E-state index in [1.807, 2.05) is 12.1 Å². The zero-order chi connectivity index (χ0) is 15.0. The maximum atomic E-state index is 11.4. The SMILES string of the molecule is COCCNCC(CCS(C)(=O)=O)c1ccccc1C. The summed E-state index contributed by atoms with van der Waals surface area (Å²) in [4.78, 5) is 0. The van der Waals surface area contributed by atoms with Gasteiger partial charge < -0.3 is 10.1 Å². The summed E-state index contributed by atoms with van der Waals surface area (Å²) in [5, 5.41) is 3.33. The lowest BCUT2D eigenvalue weighted by Gasteiger charge is -2.20. The second-order valence-electron chi connectivity index (χ2n) is 5.17. The zero-order valence-corrected chi connectivity index (χ0v) is 13.4. The monoisotopic (exact) mass is 299 g/mol. The van der Waals surface area contributed by atoms with Crippen LogP contribution in [0.1, 0.15) is 23.5 Å². The number of sulfone groups is 1. The minimum Gasteiger partial charge on any atom is -0.383 e. The molecule has 1 aromatic rings. The highest BCUT2D eigenvalue weighted by Gasteiger charge is 2.15. The first kappa shape index (κ1) is 17.1. The minimum absolute atomic E-state index is 0.211. The molecule has 0 aliphatic heterocycles. The predicted octanol–water partition coefficient (Wildman–Crippen LogP) is 1.75. The normalized spacial score (nSPS) is 13.3. The van der Waals surface area contributed by atoms with Gasteiger partial charge in [0.05, 0.1) is 12.4 Å². The van der Waals surface area contributed by atoms with Crippen molar-refractivity contribution < 1.29 is 13.2 Å². The van der Waals surface area contributed by atoms with Crippen molar-refractivity contribution in [3.8, 4) is 0 Å². The lowest BCUT2D eigenvalue weighted by molar-refractivity contribution is 0.199. The van der Waals surface area contributed by atoms with E-state index in [0.29, 0.717) is 13.0 Å². The summed E-state index contributed by atoms with van der Waals surface area (Å²) in [6, 6.07) is 8.16. The third-order valence-corrected chi connectivity index (χ3v) is 4.32. The van der Waals surface area contributed by atoms with Gasteiger partial charge in [0.25, 0.3) is 0 Å². The highest BCUT2D eigenvalue weighted by atomic mass is 32.2. The second-order valence-corrected chi connectivity index (χ2v) is 7.43. The van der Waals surface area contributed by atoms with Gasteiger partial charge in [0.1, 0.15) is 9.84 Å². The van der Waals surface area contributed by atoms with Gasteiger partial charge in [-0.2, -0.15) is 0 Å². The Balaban J connectivity index is 2.71. The van der Waals surface area contributed by atoms with Gasteiger partial charge >= 0.3 is 0 Å². The van der Waals surface area contributed by atoms with Crippen LogP contribution in [0.25, 0.3) is 0 Å². The second kappa shape index (κ2) is 8.39. The van der Waals surface area contributed by atoms with Crippen molar-refractivity contribution in [3.63, 3.8) is 0 Å². The van der Waals surface area contributed by atoms with Crippen LogP contribution in [0.3, 0.4) is 0 Å². The third-order valence-electron chi connectivity index (χ3n) is 3.34. The Hall–Kier alpha value is -0.910. The fraction of sp³-hybridized carbons (Fsp3) is 0.600. The first-order valence-electron chi connectivity index (χ1n) is 6.87. The standard InChI is InChI=1S/C15H25NO3S/c1-13-6-4-5-7-15(13)14(8-11-20(3,17)18)12-16-9-10-19-2/h4-7,14,16H,8-12H2,1-3H3. The number of hydrogen-bond acceptors (Lipinski definition) is 4. The lowest BCUT2D eigenvalue weighted by atomic mass is 9.92. The van der Waals surface area contributed by atoms with Gasteiger partial charge in [0, 0.05) is 26.5 Å². The molecule has 20 heavy (non-hydrogen) atoms. The molecule has 4 nitrogen and oxygen atoms in total. The van der Waals surface area contributed by atoms with Gasteiger partial charge in [-0.1, -0.05) is 24.3 Å². The van der Waals surface area contributed by atoms with E-state index in [2.05, 4.69) is 24.4 Å². The Morgan fingerprint density at radius 2 is 2.00 bits per heavy atom. The molecule has 5 heteroatoms. The van der Waals surface area contributed by atoms with Crippen LogP contribution in [-0.2, 0) is 14.6 Å². The van der Waals surface area contributed by atoms with Crippen molar-refractivity contribution in [1.29, 1.82) is 0 Å². The van der Waals surface area contributed by atoms with Crippen molar-refractivity contribution in [1.82, 2.24) is 5.32 Å². The summed E-state index contributed by atoms with van der Waals surface area (Å²) in [5.74, 6) is 0.431. The van der Waals surface area contributed by atoms with Crippen LogP contribution in [-0.4, -0.2) is 47.2 Å². The van der Waals surface area contributed by atoms with E-state index in [9.17, 15) is 8.42 Å². The van der Waals surface area contributed by atoms with Crippen molar-refractivity contribution in [2.45, 2.75) is 19.3 Å². The fourth-order valence-electron chi connectivity index (χ4n) is 2.22. The van der Waals surface area contributed by atoms with E-state index < -0.39 is 9.84 Å². The van der Waals surface area contributed by atoms with E-state index in [-0.39, 0.29) is 11.7 Å². The molecule has 1 atom stereocenters. The summed E-state index contributed by atoms with van der Waals surface area (Å²) in [6.07, 6.45) is 1.93. The molecule has 0 fully saturated rings. The first-order valence-corrected chi connectivity index (χ1v) is 8.93. The van der Waals surface area contributed by atoms with Crippen LogP contribution < -0.4 is 5.32 Å². The average Bonchev–Trinajstić information content (AvgIpc) is 2.38. The molecule has 0 saturated heterocycles. The number of methoxy groups -OCH3 is 1. The van der Waals surface area contributed by atoms with Gasteiger partial charge in [-0.25, -0.2) is 8.42 Å². The van der Waals surface area contributed by atoms with Gasteiger partial charge in [0.15, 0.2) is 0 Å². The third kappa shape index (κ3) is 6.50. The van der Waals surface area contributed by atoms with Crippen LogP contribution in [0.15, 0.2) is 24.3 Å². The number of nitrogens with one attached hydrogen (secondary N) is 1. The zero-order valence-electron chi connectivity index (χ0n) is 12.6. The molecule has 1 unspecified atom stereocenters. The molecule has 0 bridgehead atoms. The smallest absolute Gasteiger partial charge is 0.147 e. The molecule has 0 saturated carbocycles. The van der Waals surface area contributed by atoms with Gasteiger partial charge in [-0.15, -0.1) is 0 Å². The molecule has 0 aliphatic rings. The molecule has 1 N–H and O–H groups in total. The quantitative estimate of drug-likeness (QED) is 0.706. The molecule has 0 aromatic heterocycles. The van der Waals surface area contributed by atoms with E-state index in [1.54, 1.807) is 7.11 Å². The number of rotatable bonds is 9. The van der Waals surface area contributed by atoms with E-state index in [1.165, 1.54) is 17.4 Å². The highest BCUT2D eigenvalue weighted by Crippen LogP contribution is 2.23. The van der Waals surface area contributed by atoms with Gasteiger partial charge in [-0.3, -0.25) is 0 Å². The van der Waals surface area contributed by atoms with Crippen LogP contribution >= 0.6 is 0 Å². The van der Waals surface area contributed by atoms with Crippen molar-refractivity contribution in [2.75, 3.05) is 38.8 Å². The summed E-state index contributed by atoms with van der Waals surface area (Å²) >= 11 is 0. The largest absolute Gasteiger partial charge is 0.383 e. The van der Waals surface area contributed by atoms with E-state index in [4.69, 9.17) is 4.74 Å². The Kier molecular flexibility index (Phi) is 7.19. The molecule has 0 spiro atoms. The Bertz CT molecular complexity index is 500. The number of ether oxygens (including phenoxy) is 1. The number of hydrogen-bond donors (Lipinski definition) is 1. The summed E-state index contributed by atoms with van der Waals surface area (Å²) in [7, 11) is -1.26. The maximum Gasteiger partial charge on any atom is 0.147 e. The molecule has 0 heterocycles. The fourth-order valence-corrected chi connectivity index (χ4v) is 2.93. The van der Waals surface area contributed by atoms with Crippen LogP contribution in [0.4, 0.5) is 0 Å². The molecule has 0 aliphatic carbocycles. The minimum atomic E-state index is -2.93. The molecule has 1 aromatic carbocycles. The van der Waals surface area contributed by atoms with Crippen molar-refractivity contribution in [2.24, 2.45) is 0 Å². The highest BCUT2D eigenvalue weighted by molar-refractivity contribution is 7.90. The molecule has 114 valence electrons. The topological polar surface area (TPSA) is 55.4 Å². The summed E-state index contributed by atoms with van der Waals surface area (Å²) in [6.45, 7) is 4.27. The van der Waals surface area contributed by atoms with Crippen LogP contribution in [0.5, 0.6) is 0 Å². The van der Waals surface area contributed by atoms with E-state index >= 15 is 0 Å². The van der Waals surface area contributed by atoms with Crippen molar-refractivity contribution >= 4 is 9.84 Å². The van der Waals surface area contributed by atoms with Crippen LogP contribution in [0.2, 0.25) is 0 Å². The maximum absolute atomic E-state index is 11.4. The summed E-state index contributed by atoms with van der Waals surface area (Å²) in [5.41, 5.74) is 2.43. The van der Waals surface area contributed by atoms with Crippen LogP contribution in [0, 0.1) is 6.92 Å². The Morgan fingerprint density at radius 1 is 1.30 bits per heavy atom. The predicted molar refractivity (Wildman–Crippen MR) is 83.0 cm³/mol. The number of aryl methyl sites for hydroxylation is 1. The first-order chi connectivity index (χ1) is 9.44. The molecular weight excluding hydrogens is 274 g/mol. The van der Waals surface area contributed by atoms with Gasteiger partial charge in [0.2, 0.25) is 0 Å².